The summed E-state index contributed by atoms with van der Waals surface area (Å²) < 4.78 is 7.52. The van der Waals surface area contributed by atoms with Gasteiger partial charge < -0.3 is 15.4 Å². The van der Waals surface area contributed by atoms with Gasteiger partial charge in [0.2, 0.25) is 0 Å². The highest BCUT2D eigenvalue weighted by Crippen LogP contribution is 2.20. The molecule has 1 aliphatic heterocycles. The molecule has 7 heteroatoms. The van der Waals surface area contributed by atoms with Crippen molar-refractivity contribution < 1.29 is 9.53 Å². The van der Waals surface area contributed by atoms with E-state index >= 15 is 0 Å². The molecule has 1 aromatic carbocycles. The van der Waals surface area contributed by atoms with E-state index in [4.69, 9.17) is 4.74 Å². The molecule has 1 atom stereocenters. The number of anilines is 1. The maximum absolute atomic E-state index is 12.4. The van der Waals surface area contributed by atoms with Crippen LogP contribution in [0.4, 0.5) is 10.5 Å². The van der Waals surface area contributed by atoms with Gasteiger partial charge >= 0.3 is 6.03 Å². The van der Waals surface area contributed by atoms with Crippen LogP contribution in [0.5, 0.6) is 0 Å². The van der Waals surface area contributed by atoms with Crippen molar-refractivity contribution in [2.75, 3.05) is 5.32 Å². The van der Waals surface area contributed by atoms with Gasteiger partial charge in [-0.1, -0.05) is 12.1 Å². The second kappa shape index (κ2) is 7.65. The molecule has 2 amide bonds. The van der Waals surface area contributed by atoms with Crippen molar-refractivity contribution in [1.82, 2.24) is 20.1 Å². The summed E-state index contributed by atoms with van der Waals surface area (Å²) in [4.78, 5) is 16.6. The van der Waals surface area contributed by atoms with Crippen molar-refractivity contribution in [3.05, 3.63) is 41.5 Å². The Bertz CT molecular complexity index is 741. The summed E-state index contributed by atoms with van der Waals surface area (Å²) in [6, 6.07) is 5.73. The molecule has 0 fully saturated rings. The number of aromatic nitrogens is 3. The average Bonchev–Trinajstić information content (AvgIpc) is 3.03. The van der Waals surface area contributed by atoms with Crippen LogP contribution in [0.15, 0.2) is 24.5 Å². The van der Waals surface area contributed by atoms with Crippen LogP contribution in [0.1, 0.15) is 37.2 Å². The van der Waals surface area contributed by atoms with E-state index in [0.29, 0.717) is 13.2 Å². The largest absolute Gasteiger partial charge is 0.374 e. The number of nitrogens with zero attached hydrogens (tertiary/aromatic N) is 3. The van der Waals surface area contributed by atoms with Crippen molar-refractivity contribution in [3.63, 3.8) is 0 Å². The highest BCUT2D eigenvalue weighted by Gasteiger charge is 2.21. The quantitative estimate of drug-likeness (QED) is 0.874. The summed E-state index contributed by atoms with van der Waals surface area (Å²) in [5.41, 5.74) is 2.91. The minimum Gasteiger partial charge on any atom is -0.374 e. The first-order valence-corrected chi connectivity index (χ1v) is 8.67. The van der Waals surface area contributed by atoms with Gasteiger partial charge in [0.1, 0.15) is 12.2 Å². The van der Waals surface area contributed by atoms with E-state index in [0.717, 1.165) is 35.5 Å². The van der Waals surface area contributed by atoms with Gasteiger partial charge in [-0.3, -0.25) is 0 Å². The number of fused-ring (bicyclic) bond motifs is 1. The van der Waals surface area contributed by atoms with Gasteiger partial charge in [-0.15, -0.1) is 0 Å². The molecule has 7 nitrogen and oxygen atoms in total. The molecule has 0 radical (unpaired) electrons. The third-order valence-electron chi connectivity index (χ3n) is 4.41. The molecule has 2 N–H and O–H groups in total. The molecule has 0 aliphatic carbocycles. The lowest BCUT2D eigenvalue weighted by molar-refractivity contribution is 0.0654. The molecule has 1 aromatic heterocycles. The van der Waals surface area contributed by atoms with Crippen molar-refractivity contribution in [3.8, 4) is 0 Å². The fourth-order valence-electron chi connectivity index (χ4n) is 2.93. The zero-order valence-corrected chi connectivity index (χ0v) is 15.0. The normalized spacial score (nSPS) is 16.6. The standard InChI is InChI=1S/C18H25N5O2/c1-12(2)25-10-14-5-4-6-16(13(14)3)22-18(24)21-15-7-8-17-19-11-20-23(17)9-15/h4-6,11-12,15H,7-10H2,1-3H3,(H2,21,22,24)/t15-/m0/s1. The summed E-state index contributed by atoms with van der Waals surface area (Å²) in [6.45, 7) is 7.21. The second-order valence-corrected chi connectivity index (χ2v) is 6.64. The predicted octanol–water partition coefficient (Wildman–Crippen LogP) is 2.65. The molecule has 0 saturated heterocycles. The van der Waals surface area contributed by atoms with Gasteiger partial charge in [-0.05, 0) is 44.4 Å². The topological polar surface area (TPSA) is 81.1 Å². The monoisotopic (exact) mass is 343 g/mol. The van der Waals surface area contributed by atoms with E-state index in [1.807, 2.05) is 43.7 Å². The van der Waals surface area contributed by atoms with Gasteiger partial charge in [0.15, 0.2) is 0 Å². The van der Waals surface area contributed by atoms with Gasteiger partial charge in [0.05, 0.1) is 25.3 Å². The Hall–Kier alpha value is -2.41. The molecule has 0 unspecified atom stereocenters. The highest BCUT2D eigenvalue weighted by atomic mass is 16.5. The van der Waals surface area contributed by atoms with E-state index < -0.39 is 0 Å². The number of ether oxygens (including phenoxy) is 1. The Kier molecular flexibility index (Phi) is 5.33. The number of benzene rings is 1. The third-order valence-corrected chi connectivity index (χ3v) is 4.41. The number of urea groups is 1. The molecule has 2 aromatic rings. The molecule has 0 bridgehead atoms. The highest BCUT2D eigenvalue weighted by molar-refractivity contribution is 5.90. The van der Waals surface area contributed by atoms with E-state index in [9.17, 15) is 4.79 Å². The van der Waals surface area contributed by atoms with Gasteiger partial charge in [-0.2, -0.15) is 5.10 Å². The van der Waals surface area contributed by atoms with Crippen molar-refractivity contribution in [1.29, 1.82) is 0 Å². The Morgan fingerprint density at radius 3 is 3.08 bits per heavy atom. The fourth-order valence-corrected chi connectivity index (χ4v) is 2.93. The molecular formula is C18H25N5O2. The number of nitrogens with one attached hydrogen (secondary N) is 2. The molecule has 3 rings (SSSR count). The van der Waals surface area contributed by atoms with Crippen molar-refractivity contribution >= 4 is 11.7 Å². The lowest BCUT2D eigenvalue weighted by Crippen LogP contribution is -2.43. The molecule has 134 valence electrons. The SMILES string of the molecule is Cc1c(COC(C)C)cccc1NC(=O)N[C@H]1CCc2ncnn2C1. The third kappa shape index (κ3) is 4.36. The molecule has 2 heterocycles. The zero-order chi connectivity index (χ0) is 17.8. The van der Waals surface area contributed by atoms with Crippen molar-refractivity contribution in [2.24, 2.45) is 0 Å². The van der Waals surface area contributed by atoms with E-state index in [1.165, 1.54) is 0 Å². The Morgan fingerprint density at radius 2 is 2.28 bits per heavy atom. The number of carbonyl (C=O) groups is 1. The van der Waals surface area contributed by atoms with Crippen LogP contribution in [-0.4, -0.2) is 32.9 Å². The molecule has 0 spiro atoms. The van der Waals surface area contributed by atoms with Crippen LogP contribution in [0, 0.1) is 6.92 Å². The number of hydrogen-bond acceptors (Lipinski definition) is 4. The average molecular weight is 343 g/mol. The first-order valence-electron chi connectivity index (χ1n) is 8.67. The van der Waals surface area contributed by atoms with Crippen LogP contribution in [0.2, 0.25) is 0 Å². The second-order valence-electron chi connectivity index (χ2n) is 6.64. The van der Waals surface area contributed by atoms with Gasteiger partial charge in [0, 0.05) is 12.1 Å². The summed E-state index contributed by atoms with van der Waals surface area (Å²) in [5.74, 6) is 0.979. The van der Waals surface area contributed by atoms with Crippen LogP contribution in [0.25, 0.3) is 0 Å². The summed E-state index contributed by atoms with van der Waals surface area (Å²) in [5, 5.41) is 10.2. The Balaban J connectivity index is 1.59. The lowest BCUT2D eigenvalue weighted by Gasteiger charge is -2.24. The smallest absolute Gasteiger partial charge is 0.319 e. The van der Waals surface area contributed by atoms with Crippen LogP contribution < -0.4 is 10.6 Å². The van der Waals surface area contributed by atoms with E-state index in [2.05, 4.69) is 20.7 Å². The minimum atomic E-state index is -0.196. The van der Waals surface area contributed by atoms with Crippen LogP contribution in [-0.2, 0) is 24.3 Å². The zero-order valence-electron chi connectivity index (χ0n) is 15.0. The van der Waals surface area contributed by atoms with E-state index in [1.54, 1.807) is 6.33 Å². The summed E-state index contributed by atoms with van der Waals surface area (Å²) in [6.07, 6.45) is 3.43. The number of carbonyl (C=O) groups excluding carboxylic acids is 1. The van der Waals surface area contributed by atoms with E-state index in [-0.39, 0.29) is 18.2 Å². The van der Waals surface area contributed by atoms with Gasteiger partial charge in [0.25, 0.3) is 0 Å². The number of hydrogen-bond donors (Lipinski definition) is 2. The fraction of sp³-hybridized carbons (Fsp3) is 0.500. The minimum absolute atomic E-state index is 0.0574. The van der Waals surface area contributed by atoms with Crippen LogP contribution >= 0.6 is 0 Å². The van der Waals surface area contributed by atoms with Crippen molar-refractivity contribution in [2.45, 2.75) is 58.9 Å². The lowest BCUT2D eigenvalue weighted by atomic mass is 10.1. The number of amides is 2. The first-order chi connectivity index (χ1) is 12.0. The number of aryl methyl sites for hydroxylation is 1. The first kappa shape index (κ1) is 17.4. The molecule has 0 saturated carbocycles. The molecule has 25 heavy (non-hydrogen) atoms. The molecule has 1 aliphatic rings. The molecular weight excluding hydrogens is 318 g/mol. The Labute approximate surface area is 147 Å². The summed E-state index contributed by atoms with van der Waals surface area (Å²) in [7, 11) is 0. The maximum atomic E-state index is 12.4. The Morgan fingerprint density at radius 1 is 1.44 bits per heavy atom. The predicted molar refractivity (Wildman–Crippen MR) is 95.4 cm³/mol. The van der Waals surface area contributed by atoms with Crippen LogP contribution in [0.3, 0.4) is 0 Å². The van der Waals surface area contributed by atoms with Gasteiger partial charge in [-0.25, -0.2) is 14.5 Å². The summed E-state index contributed by atoms with van der Waals surface area (Å²) >= 11 is 0. The number of rotatable bonds is 5. The maximum Gasteiger partial charge on any atom is 0.319 e.